The number of fused-ring (bicyclic) bond motifs is 1. The van der Waals surface area contributed by atoms with Crippen molar-refractivity contribution in [3.8, 4) is 0 Å². The highest BCUT2D eigenvalue weighted by molar-refractivity contribution is 5.58. The highest BCUT2D eigenvalue weighted by atomic mass is 16.5. The Bertz CT molecular complexity index is 312. The Hall–Kier alpha value is -1.02. The molecule has 0 bridgehead atoms. The summed E-state index contributed by atoms with van der Waals surface area (Å²) in [5.41, 5.74) is 4.16. The minimum Gasteiger partial charge on any atom is -0.384 e. The van der Waals surface area contributed by atoms with Gasteiger partial charge in [-0.2, -0.15) is 0 Å². The number of rotatable bonds is 3. The van der Waals surface area contributed by atoms with E-state index in [0.717, 1.165) is 25.9 Å². The molecule has 0 spiro atoms. The number of hydrogen-bond donors (Lipinski definition) is 1. The van der Waals surface area contributed by atoms with Crippen LogP contribution in [-0.4, -0.2) is 18.7 Å². The van der Waals surface area contributed by atoms with Crippen molar-refractivity contribution in [2.75, 3.05) is 13.7 Å². The summed E-state index contributed by atoms with van der Waals surface area (Å²) in [5.74, 6) is 0. The van der Waals surface area contributed by atoms with Gasteiger partial charge in [0.15, 0.2) is 0 Å². The zero-order valence-electron chi connectivity index (χ0n) is 7.97. The largest absolute Gasteiger partial charge is 0.384 e. The Kier molecular flexibility index (Phi) is 2.50. The van der Waals surface area contributed by atoms with Crippen molar-refractivity contribution in [1.29, 1.82) is 0 Å². The zero-order chi connectivity index (χ0) is 9.10. The van der Waals surface area contributed by atoms with Gasteiger partial charge in [-0.05, 0) is 30.4 Å². The molecule has 13 heavy (non-hydrogen) atoms. The number of methoxy groups -OCH3 is 1. The van der Waals surface area contributed by atoms with Gasteiger partial charge in [0.2, 0.25) is 0 Å². The van der Waals surface area contributed by atoms with Crippen LogP contribution in [0.1, 0.15) is 23.2 Å². The lowest BCUT2D eigenvalue weighted by Gasteiger charge is -2.06. The molecular formula is C11H15NO. The molecule has 0 atom stereocenters. The summed E-state index contributed by atoms with van der Waals surface area (Å²) in [5, 5.41) is 0. The molecule has 2 rings (SSSR count). The summed E-state index contributed by atoms with van der Waals surface area (Å²) in [4.78, 5) is 3.33. The third-order valence-corrected chi connectivity index (χ3v) is 2.51. The van der Waals surface area contributed by atoms with Crippen LogP contribution in [0.4, 0.5) is 0 Å². The predicted molar refractivity (Wildman–Crippen MR) is 53.7 cm³/mol. The van der Waals surface area contributed by atoms with Crippen LogP contribution >= 0.6 is 0 Å². The van der Waals surface area contributed by atoms with Crippen LogP contribution in [0, 0.1) is 0 Å². The van der Waals surface area contributed by atoms with E-state index < -0.39 is 0 Å². The molecule has 0 unspecified atom stereocenters. The number of ether oxygens (including phenoxy) is 1. The van der Waals surface area contributed by atoms with Crippen molar-refractivity contribution < 1.29 is 4.74 Å². The smallest absolute Gasteiger partial charge is 0.0503 e. The fraction of sp³-hybridized carbons (Fsp3) is 0.455. The van der Waals surface area contributed by atoms with E-state index in [2.05, 4.69) is 23.3 Å². The van der Waals surface area contributed by atoms with Gasteiger partial charge in [0, 0.05) is 19.0 Å². The van der Waals surface area contributed by atoms with Gasteiger partial charge >= 0.3 is 0 Å². The Labute approximate surface area is 78.6 Å². The van der Waals surface area contributed by atoms with Crippen molar-refractivity contribution in [3.63, 3.8) is 0 Å². The summed E-state index contributed by atoms with van der Waals surface area (Å²) in [6.45, 7) is 0.804. The number of hydrogen-bond acceptors (Lipinski definition) is 1. The fourth-order valence-electron chi connectivity index (χ4n) is 1.79. The average Bonchev–Trinajstić information content (AvgIpc) is 2.58. The molecule has 0 amide bonds. The molecule has 0 aliphatic heterocycles. The second-order valence-corrected chi connectivity index (χ2v) is 3.39. The van der Waals surface area contributed by atoms with Gasteiger partial charge in [-0.3, -0.25) is 0 Å². The van der Waals surface area contributed by atoms with E-state index in [9.17, 15) is 0 Å². The van der Waals surface area contributed by atoms with E-state index in [4.69, 9.17) is 4.74 Å². The topological polar surface area (TPSA) is 25.0 Å². The molecule has 1 heterocycles. The van der Waals surface area contributed by atoms with Crippen molar-refractivity contribution in [1.82, 2.24) is 4.98 Å². The van der Waals surface area contributed by atoms with E-state index >= 15 is 0 Å². The second kappa shape index (κ2) is 3.79. The van der Waals surface area contributed by atoms with Crippen LogP contribution in [0.15, 0.2) is 12.3 Å². The van der Waals surface area contributed by atoms with E-state index in [0.29, 0.717) is 0 Å². The minimum atomic E-state index is 0.804. The van der Waals surface area contributed by atoms with Gasteiger partial charge in [-0.1, -0.05) is 12.2 Å². The summed E-state index contributed by atoms with van der Waals surface area (Å²) < 4.78 is 5.07. The molecule has 2 nitrogen and oxygen atoms in total. The maximum Gasteiger partial charge on any atom is 0.0503 e. The standard InChI is InChI=1S/C11H15NO/c1-13-7-6-9-8-12-11-5-3-2-4-10(9)11/h2,4,8,12H,3,5-7H2,1H3. The van der Waals surface area contributed by atoms with E-state index in [1.807, 2.05) is 0 Å². The van der Waals surface area contributed by atoms with Crippen LogP contribution in [0.25, 0.3) is 6.08 Å². The molecule has 2 heteroatoms. The zero-order valence-corrected chi connectivity index (χ0v) is 7.97. The molecule has 0 fully saturated rings. The normalized spacial score (nSPS) is 14.5. The number of aromatic nitrogens is 1. The Balaban J connectivity index is 2.18. The first-order valence-corrected chi connectivity index (χ1v) is 4.76. The first-order valence-electron chi connectivity index (χ1n) is 4.76. The number of nitrogens with one attached hydrogen (secondary N) is 1. The van der Waals surface area contributed by atoms with Crippen LogP contribution in [0.5, 0.6) is 0 Å². The van der Waals surface area contributed by atoms with Gasteiger partial charge in [0.25, 0.3) is 0 Å². The van der Waals surface area contributed by atoms with E-state index in [1.165, 1.54) is 16.8 Å². The van der Waals surface area contributed by atoms with Gasteiger partial charge in [-0.15, -0.1) is 0 Å². The first-order chi connectivity index (χ1) is 6.42. The molecule has 1 aromatic heterocycles. The van der Waals surface area contributed by atoms with E-state index in [-0.39, 0.29) is 0 Å². The molecule has 0 saturated heterocycles. The number of aryl methyl sites for hydroxylation is 1. The molecule has 1 aliphatic rings. The first kappa shape index (κ1) is 8.57. The number of aromatic amines is 1. The SMILES string of the molecule is COCCc1c[nH]c2c1C=CCC2. The van der Waals surface area contributed by atoms with Crippen LogP contribution in [0.3, 0.4) is 0 Å². The van der Waals surface area contributed by atoms with Crippen molar-refractivity contribution in [2.45, 2.75) is 19.3 Å². The maximum absolute atomic E-state index is 5.07. The lowest BCUT2D eigenvalue weighted by atomic mass is 10.0. The summed E-state index contributed by atoms with van der Waals surface area (Å²) in [6, 6.07) is 0. The average molecular weight is 177 g/mol. The minimum absolute atomic E-state index is 0.804. The van der Waals surface area contributed by atoms with Crippen LogP contribution < -0.4 is 0 Å². The van der Waals surface area contributed by atoms with Gasteiger partial charge in [0.05, 0.1) is 6.61 Å². The van der Waals surface area contributed by atoms with Gasteiger partial charge in [0.1, 0.15) is 0 Å². The molecule has 1 aliphatic carbocycles. The van der Waals surface area contributed by atoms with Crippen molar-refractivity contribution >= 4 is 6.08 Å². The quantitative estimate of drug-likeness (QED) is 0.752. The summed E-state index contributed by atoms with van der Waals surface area (Å²) >= 11 is 0. The Morgan fingerprint density at radius 3 is 3.31 bits per heavy atom. The third kappa shape index (κ3) is 1.68. The lowest BCUT2D eigenvalue weighted by molar-refractivity contribution is 0.202. The highest BCUT2D eigenvalue weighted by Gasteiger charge is 2.10. The molecule has 0 saturated carbocycles. The monoisotopic (exact) mass is 177 g/mol. The number of H-pyrrole nitrogens is 1. The third-order valence-electron chi connectivity index (χ3n) is 2.51. The predicted octanol–water partition coefficient (Wildman–Crippen LogP) is 2.16. The van der Waals surface area contributed by atoms with Gasteiger partial charge in [-0.25, -0.2) is 0 Å². The second-order valence-electron chi connectivity index (χ2n) is 3.39. The molecule has 1 N–H and O–H groups in total. The van der Waals surface area contributed by atoms with Crippen LogP contribution in [-0.2, 0) is 17.6 Å². The Morgan fingerprint density at radius 2 is 2.46 bits per heavy atom. The van der Waals surface area contributed by atoms with Crippen LogP contribution in [0.2, 0.25) is 0 Å². The lowest BCUT2D eigenvalue weighted by Crippen LogP contribution is -1.97. The van der Waals surface area contributed by atoms with Crippen molar-refractivity contribution in [3.05, 3.63) is 29.1 Å². The highest BCUT2D eigenvalue weighted by Crippen LogP contribution is 2.22. The molecule has 1 aromatic rings. The number of allylic oxidation sites excluding steroid dienone is 1. The molecule has 0 aromatic carbocycles. The molecule has 0 radical (unpaired) electrons. The summed E-state index contributed by atoms with van der Waals surface area (Å²) in [6.07, 6.45) is 9.90. The summed E-state index contributed by atoms with van der Waals surface area (Å²) in [7, 11) is 1.74. The fourth-order valence-corrected chi connectivity index (χ4v) is 1.79. The van der Waals surface area contributed by atoms with Crippen molar-refractivity contribution in [2.24, 2.45) is 0 Å². The molecular weight excluding hydrogens is 162 g/mol. The molecule has 70 valence electrons. The maximum atomic E-state index is 5.07. The Morgan fingerprint density at radius 1 is 1.54 bits per heavy atom. The van der Waals surface area contributed by atoms with Gasteiger partial charge < -0.3 is 9.72 Å². The van der Waals surface area contributed by atoms with E-state index in [1.54, 1.807) is 7.11 Å².